The van der Waals surface area contributed by atoms with Crippen LogP contribution in [0.25, 0.3) is 0 Å². The van der Waals surface area contributed by atoms with Gasteiger partial charge in [0.25, 0.3) is 0 Å². The minimum atomic E-state index is 0.580. The van der Waals surface area contributed by atoms with E-state index in [4.69, 9.17) is 10.6 Å². The Balaban J connectivity index is 2.49. The molecule has 78 valence electrons. The average Bonchev–Trinajstić information content (AvgIpc) is 2.18. The largest absolute Gasteiger partial charge is 0.490 e. The van der Waals surface area contributed by atoms with Crippen LogP contribution in [0.1, 0.15) is 20.3 Å². The number of hydrogen-bond donors (Lipinski definition) is 2. The van der Waals surface area contributed by atoms with Crippen molar-refractivity contribution >= 4 is 5.82 Å². The molecular formula is C10H17N3O. The van der Waals surface area contributed by atoms with Crippen molar-refractivity contribution < 1.29 is 4.74 Å². The van der Waals surface area contributed by atoms with Gasteiger partial charge in [-0.2, -0.15) is 0 Å². The minimum absolute atomic E-state index is 0.580. The van der Waals surface area contributed by atoms with Gasteiger partial charge in [0.1, 0.15) is 0 Å². The zero-order valence-corrected chi connectivity index (χ0v) is 8.66. The fourth-order valence-corrected chi connectivity index (χ4v) is 1.02. The molecule has 1 aromatic rings. The van der Waals surface area contributed by atoms with Crippen molar-refractivity contribution in [3.8, 4) is 5.75 Å². The van der Waals surface area contributed by atoms with Crippen LogP contribution in [0.3, 0.4) is 0 Å². The molecule has 0 atom stereocenters. The molecule has 0 unspecified atom stereocenters. The number of nitrogens with one attached hydrogen (secondary N) is 1. The van der Waals surface area contributed by atoms with Gasteiger partial charge in [0, 0.05) is 6.20 Å². The van der Waals surface area contributed by atoms with Gasteiger partial charge < -0.3 is 10.2 Å². The first-order chi connectivity index (χ1) is 6.74. The Labute approximate surface area is 84.4 Å². The van der Waals surface area contributed by atoms with E-state index >= 15 is 0 Å². The molecule has 0 aliphatic rings. The third kappa shape index (κ3) is 3.22. The molecule has 0 aliphatic heterocycles. The van der Waals surface area contributed by atoms with Gasteiger partial charge in [-0.3, -0.25) is 0 Å². The lowest BCUT2D eigenvalue weighted by Crippen LogP contribution is -2.11. The van der Waals surface area contributed by atoms with E-state index in [9.17, 15) is 0 Å². The summed E-state index contributed by atoms with van der Waals surface area (Å²) in [7, 11) is 0. The maximum Gasteiger partial charge on any atom is 0.182 e. The molecule has 0 aromatic carbocycles. The second kappa shape index (κ2) is 5.44. The zero-order chi connectivity index (χ0) is 10.4. The van der Waals surface area contributed by atoms with Gasteiger partial charge in [-0.05, 0) is 24.5 Å². The fourth-order valence-electron chi connectivity index (χ4n) is 1.02. The average molecular weight is 195 g/mol. The van der Waals surface area contributed by atoms with Crippen LogP contribution in [0, 0.1) is 5.92 Å². The summed E-state index contributed by atoms with van der Waals surface area (Å²) in [5.74, 6) is 7.21. The molecule has 4 nitrogen and oxygen atoms in total. The van der Waals surface area contributed by atoms with Gasteiger partial charge in [0.15, 0.2) is 11.6 Å². The van der Waals surface area contributed by atoms with Gasteiger partial charge in [-0.1, -0.05) is 13.8 Å². The normalized spacial score (nSPS) is 10.3. The molecule has 1 rings (SSSR count). The molecule has 0 fully saturated rings. The number of rotatable bonds is 5. The molecule has 1 heterocycles. The topological polar surface area (TPSA) is 60.2 Å². The van der Waals surface area contributed by atoms with Gasteiger partial charge in [0.05, 0.1) is 6.61 Å². The van der Waals surface area contributed by atoms with E-state index < -0.39 is 0 Å². The monoisotopic (exact) mass is 195 g/mol. The number of nitrogens with two attached hydrogens (primary N) is 1. The highest BCUT2D eigenvalue weighted by atomic mass is 16.5. The van der Waals surface area contributed by atoms with Crippen LogP contribution in [0.2, 0.25) is 0 Å². The van der Waals surface area contributed by atoms with E-state index in [-0.39, 0.29) is 0 Å². The summed E-state index contributed by atoms with van der Waals surface area (Å²) in [6.45, 7) is 5.02. The second-order valence-corrected chi connectivity index (χ2v) is 3.53. The maximum atomic E-state index is 5.53. The summed E-state index contributed by atoms with van der Waals surface area (Å²) in [5.41, 5.74) is 2.50. The summed E-state index contributed by atoms with van der Waals surface area (Å²) in [5, 5.41) is 0. The molecule has 0 aliphatic carbocycles. The molecule has 1 aromatic heterocycles. The number of anilines is 1. The SMILES string of the molecule is CC(C)CCOc1cccnc1NN. The van der Waals surface area contributed by atoms with Crippen LogP contribution in [-0.4, -0.2) is 11.6 Å². The van der Waals surface area contributed by atoms with Crippen molar-refractivity contribution in [2.45, 2.75) is 20.3 Å². The first-order valence-electron chi connectivity index (χ1n) is 4.78. The van der Waals surface area contributed by atoms with Gasteiger partial charge >= 0.3 is 0 Å². The van der Waals surface area contributed by atoms with Crippen molar-refractivity contribution in [3.05, 3.63) is 18.3 Å². The van der Waals surface area contributed by atoms with Crippen LogP contribution in [0.4, 0.5) is 5.82 Å². The molecule has 0 saturated heterocycles. The van der Waals surface area contributed by atoms with Crippen molar-refractivity contribution in [2.24, 2.45) is 11.8 Å². The van der Waals surface area contributed by atoms with Crippen molar-refractivity contribution in [1.82, 2.24) is 4.98 Å². The molecule has 3 N–H and O–H groups in total. The van der Waals surface area contributed by atoms with Crippen LogP contribution in [-0.2, 0) is 0 Å². The van der Waals surface area contributed by atoms with E-state index in [1.165, 1.54) is 0 Å². The third-order valence-corrected chi connectivity index (χ3v) is 1.86. The number of hydrogen-bond acceptors (Lipinski definition) is 4. The van der Waals surface area contributed by atoms with Crippen molar-refractivity contribution in [2.75, 3.05) is 12.0 Å². The number of pyridine rings is 1. The smallest absolute Gasteiger partial charge is 0.182 e. The van der Waals surface area contributed by atoms with Gasteiger partial charge in [0.2, 0.25) is 0 Å². The summed E-state index contributed by atoms with van der Waals surface area (Å²) in [6, 6.07) is 3.67. The minimum Gasteiger partial charge on any atom is -0.490 e. The number of aromatic nitrogens is 1. The molecule has 4 heteroatoms. The lowest BCUT2D eigenvalue weighted by molar-refractivity contribution is 0.290. The highest BCUT2D eigenvalue weighted by Crippen LogP contribution is 2.19. The molecule has 0 bridgehead atoms. The highest BCUT2D eigenvalue weighted by molar-refractivity contribution is 5.48. The Hall–Kier alpha value is -1.29. The summed E-state index contributed by atoms with van der Waals surface area (Å²) in [4.78, 5) is 4.03. The highest BCUT2D eigenvalue weighted by Gasteiger charge is 2.02. The Kier molecular flexibility index (Phi) is 4.19. The third-order valence-electron chi connectivity index (χ3n) is 1.86. The van der Waals surface area contributed by atoms with Gasteiger partial charge in [-0.15, -0.1) is 0 Å². The zero-order valence-electron chi connectivity index (χ0n) is 8.66. The van der Waals surface area contributed by atoms with E-state index in [0.717, 1.165) is 6.42 Å². The van der Waals surface area contributed by atoms with Crippen LogP contribution in [0.5, 0.6) is 5.75 Å². The fraction of sp³-hybridized carbons (Fsp3) is 0.500. The number of ether oxygens (including phenoxy) is 1. The summed E-state index contributed by atoms with van der Waals surface area (Å²) < 4.78 is 5.53. The number of nitrogens with zero attached hydrogens (tertiary/aromatic N) is 1. The van der Waals surface area contributed by atoms with E-state index in [1.807, 2.05) is 12.1 Å². The van der Waals surface area contributed by atoms with E-state index in [0.29, 0.717) is 24.1 Å². The van der Waals surface area contributed by atoms with Gasteiger partial charge in [-0.25, -0.2) is 10.8 Å². The van der Waals surface area contributed by atoms with Crippen molar-refractivity contribution in [3.63, 3.8) is 0 Å². The Bertz CT molecular complexity index is 276. The second-order valence-electron chi connectivity index (χ2n) is 3.53. The predicted molar refractivity (Wildman–Crippen MR) is 57.0 cm³/mol. The maximum absolute atomic E-state index is 5.53. The molecule has 0 amide bonds. The first kappa shape index (κ1) is 10.8. The van der Waals surface area contributed by atoms with E-state index in [2.05, 4.69) is 24.3 Å². The lowest BCUT2D eigenvalue weighted by Gasteiger charge is -2.10. The molecule has 14 heavy (non-hydrogen) atoms. The number of nitrogen functional groups attached to an aromatic ring is 1. The van der Waals surface area contributed by atoms with E-state index in [1.54, 1.807) is 6.20 Å². The Morgan fingerprint density at radius 3 is 3.00 bits per heavy atom. The Morgan fingerprint density at radius 1 is 1.57 bits per heavy atom. The van der Waals surface area contributed by atoms with Crippen LogP contribution < -0.4 is 16.0 Å². The molecule has 0 saturated carbocycles. The lowest BCUT2D eigenvalue weighted by atomic mass is 10.1. The van der Waals surface area contributed by atoms with Crippen molar-refractivity contribution in [1.29, 1.82) is 0 Å². The summed E-state index contributed by atoms with van der Waals surface area (Å²) in [6.07, 6.45) is 2.70. The van der Waals surface area contributed by atoms with Crippen LogP contribution in [0.15, 0.2) is 18.3 Å². The predicted octanol–water partition coefficient (Wildman–Crippen LogP) is 1.79. The summed E-state index contributed by atoms with van der Waals surface area (Å²) >= 11 is 0. The quantitative estimate of drug-likeness (QED) is 0.555. The number of hydrazine groups is 1. The molecule has 0 radical (unpaired) electrons. The van der Waals surface area contributed by atoms with Crippen LogP contribution >= 0.6 is 0 Å². The molecular weight excluding hydrogens is 178 g/mol. The molecule has 0 spiro atoms. The first-order valence-corrected chi connectivity index (χ1v) is 4.78. The Morgan fingerprint density at radius 2 is 2.36 bits per heavy atom. The standard InChI is InChI=1S/C10H17N3O/c1-8(2)5-7-14-9-4-3-6-12-10(9)13-11/h3-4,6,8H,5,7,11H2,1-2H3,(H,12,13).